The minimum absolute atomic E-state index is 0.198. The summed E-state index contributed by atoms with van der Waals surface area (Å²) in [6.07, 6.45) is 5.52. The first kappa shape index (κ1) is 27.9. The maximum Gasteiger partial charge on any atom is 0.341 e. The molecule has 11 heteroatoms. The monoisotopic (exact) mass is 573 g/mol. The molecule has 0 saturated carbocycles. The molecule has 2 N–H and O–H groups in total. The molecule has 9 nitrogen and oxygen atoms in total. The van der Waals surface area contributed by atoms with Gasteiger partial charge >= 0.3 is 17.8 Å². The number of hydrogen-bond donors (Lipinski definition) is 2. The van der Waals surface area contributed by atoms with E-state index in [1.165, 1.54) is 29.7 Å². The van der Waals surface area contributed by atoms with Crippen molar-refractivity contribution in [1.29, 1.82) is 0 Å². The van der Waals surface area contributed by atoms with Crippen LogP contribution in [-0.2, 0) is 27.2 Å². The van der Waals surface area contributed by atoms with Crippen molar-refractivity contribution >= 4 is 40.3 Å². The molecule has 1 aliphatic carbocycles. The standard InChI is InChI=1S/C30H28FN5O4S/c1-3-40-30(39)25-23-14-9-18(2)15-24(23)41-29(25)33-27(37)28(38)34-32-16-20-17-36(22-7-5-4-6-8-22)35-26(20)19-10-12-21(31)13-11-19/h4-8,10-13,16-18H,3,9,14-15H2,1-2H3,(H,33,37)(H,34,38)/b32-16-/t18-/m1/s1. The normalized spacial score (nSPS) is 14.5. The van der Waals surface area contributed by atoms with Crippen LogP contribution in [0.1, 0.15) is 46.6 Å². The SMILES string of the molecule is CCOC(=O)c1c(NC(=O)C(=O)N/N=C\c2cn(-c3ccccc3)nc2-c2ccc(F)cc2)sc2c1CC[C@@H](C)C2. The average molecular weight is 574 g/mol. The van der Waals surface area contributed by atoms with Crippen molar-refractivity contribution in [1.82, 2.24) is 15.2 Å². The number of aromatic nitrogens is 2. The molecule has 1 aliphatic rings. The zero-order chi connectivity index (χ0) is 28.9. The molecule has 0 saturated heterocycles. The van der Waals surface area contributed by atoms with Gasteiger partial charge < -0.3 is 10.1 Å². The van der Waals surface area contributed by atoms with E-state index in [9.17, 15) is 18.8 Å². The number of anilines is 1. The number of esters is 1. The first-order chi connectivity index (χ1) is 19.8. The second-order valence-electron chi connectivity index (χ2n) is 9.65. The van der Waals surface area contributed by atoms with Crippen molar-refractivity contribution in [2.24, 2.45) is 11.0 Å². The zero-order valence-electron chi connectivity index (χ0n) is 22.5. The molecule has 4 aromatic rings. The summed E-state index contributed by atoms with van der Waals surface area (Å²) in [6, 6.07) is 15.2. The second kappa shape index (κ2) is 12.3. The van der Waals surface area contributed by atoms with E-state index in [1.807, 2.05) is 30.3 Å². The zero-order valence-corrected chi connectivity index (χ0v) is 23.3. The summed E-state index contributed by atoms with van der Waals surface area (Å²) >= 11 is 1.30. The third kappa shape index (κ3) is 6.25. The Morgan fingerprint density at radius 2 is 1.90 bits per heavy atom. The van der Waals surface area contributed by atoms with E-state index >= 15 is 0 Å². The number of hydrazone groups is 1. The Labute approximate surface area is 240 Å². The lowest BCUT2D eigenvalue weighted by Crippen LogP contribution is -2.32. The lowest BCUT2D eigenvalue weighted by molar-refractivity contribution is -0.136. The molecule has 210 valence electrons. The fourth-order valence-electron chi connectivity index (χ4n) is 4.66. The maximum atomic E-state index is 13.5. The number of para-hydroxylation sites is 1. The molecule has 0 unspecified atom stereocenters. The Morgan fingerprint density at radius 3 is 2.63 bits per heavy atom. The number of halogens is 1. The number of amides is 2. The molecule has 2 heterocycles. The van der Waals surface area contributed by atoms with Crippen molar-refractivity contribution in [3.8, 4) is 16.9 Å². The van der Waals surface area contributed by atoms with E-state index in [4.69, 9.17) is 4.74 Å². The van der Waals surface area contributed by atoms with Crippen molar-refractivity contribution in [2.45, 2.75) is 33.1 Å². The van der Waals surface area contributed by atoms with Gasteiger partial charge in [-0.25, -0.2) is 19.3 Å². The van der Waals surface area contributed by atoms with Crippen LogP contribution in [0.15, 0.2) is 65.9 Å². The number of nitrogens with zero attached hydrogens (tertiary/aromatic N) is 3. The second-order valence-corrected chi connectivity index (χ2v) is 10.8. The van der Waals surface area contributed by atoms with Crippen molar-refractivity contribution < 1.29 is 23.5 Å². The first-order valence-electron chi connectivity index (χ1n) is 13.2. The van der Waals surface area contributed by atoms with Gasteiger partial charge in [-0.2, -0.15) is 10.2 Å². The van der Waals surface area contributed by atoms with Gasteiger partial charge in [-0.3, -0.25) is 9.59 Å². The Morgan fingerprint density at radius 1 is 1.15 bits per heavy atom. The number of hydrogen-bond acceptors (Lipinski definition) is 7. The Bertz CT molecular complexity index is 1610. The van der Waals surface area contributed by atoms with Crippen LogP contribution < -0.4 is 10.7 Å². The van der Waals surface area contributed by atoms with Gasteiger partial charge in [0.25, 0.3) is 0 Å². The number of thiophene rings is 1. The summed E-state index contributed by atoms with van der Waals surface area (Å²) in [4.78, 5) is 39.2. The van der Waals surface area contributed by atoms with Crippen LogP contribution in [-0.4, -0.2) is 40.4 Å². The van der Waals surface area contributed by atoms with Gasteiger partial charge in [0.1, 0.15) is 16.5 Å². The molecule has 41 heavy (non-hydrogen) atoms. The molecule has 5 rings (SSSR count). The van der Waals surface area contributed by atoms with E-state index in [0.717, 1.165) is 29.0 Å². The highest BCUT2D eigenvalue weighted by Crippen LogP contribution is 2.40. The van der Waals surface area contributed by atoms with Crippen LogP contribution >= 0.6 is 11.3 Å². The van der Waals surface area contributed by atoms with Gasteiger partial charge in [-0.15, -0.1) is 11.3 Å². The quantitative estimate of drug-likeness (QED) is 0.138. The van der Waals surface area contributed by atoms with Crippen molar-refractivity contribution in [3.63, 3.8) is 0 Å². The molecule has 0 aliphatic heterocycles. The first-order valence-corrected chi connectivity index (χ1v) is 14.0. The topological polar surface area (TPSA) is 115 Å². The highest BCUT2D eigenvalue weighted by molar-refractivity contribution is 7.17. The molecule has 0 fully saturated rings. The number of carbonyl (C=O) groups excluding carboxylic acids is 3. The van der Waals surface area contributed by atoms with Gasteiger partial charge in [-0.05, 0) is 74.1 Å². The molecule has 0 bridgehead atoms. The Kier molecular flexibility index (Phi) is 8.34. The summed E-state index contributed by atoms with van der Waals surface area (Å²) in [5.41, 5.74) is 5.92. The fourth-order valence-corrected chi connectivity index (χ4v) is 6.05. The number of fused-ring (bicyclic) bond motifs is 1. The molecule has 2 aromatic heterocycles. The number of benzene rings is 2. The van der Waals surface area contributed by atoms with Crippen molar-refractivity contribution in [2.75, 3.05) is 11.9 Å². The summed E-state index contributed by atoms with van der Waals surface area (Å²) in [5, 5.41) is 11.5. The Balaban J connectivity index is 1.34. The molecule has 2 aromatic carbocycles. The predicted molar refractivity (Wildman–Crippen MR) is 155 cm³/mol. The van der Waals surface area contributed by atoms with Gasteiger partial charge in [0, 0.05) is 22.2 Å². The van der Waals surface area contributed by atoms with Gasteiger partial charge in [-0.1, -0.05) is 25.1 Å². The molecular weight excluding hydrogens is 545 g/mol. The van der Waals surface area contributed by atoms with Crippen LogP contribution in [0.4, 0.5) is 9.39 Å². The third-order valence-corrected chi connectivity index (χ3v) is 7.84. The Hall–Kier alpha value is -4.64. The minimum atomic E-state index is -1.01. The lowest BCUT2D eigenvalue weighted by atomic mass is 9.88. The van der Waals surface area contributed by atoms with Crippen LogP contribution in [0.25, 0.3) is 16.9 Å². The average Bonchev–Trinajstić information content (AvgIpc) is 3.55. The van der Waals surface area contributed by atoms with Crippen molar-refractivity contribution in [3.05, 3.63) is 88.2 Å². The van der Waals surface area contributed by atoms with E-state index < -0.39 is 17.8 Å². The van der Waals surface area contributed by atoms with E-state index in [0.29, 0.717) is 39.7 Å². The number of carbonyl (C=O) groups is 3. The number of rotatable bonds is 7. The van der Waals surface area contributed by atoms with Gasteiger partial charge in [0.05, 0.1) is 24.1 Å². The summed E-state index contributed by atoms with van der Waals surface area (Å²) in [5.74, 6) is -2.40. The number of nitrogens with one attached hydrogen (secondary N) is 2. The van der Waals surface area contributed by atoms with Crippen LogP contribution in [0.3, 0.4) is 0 Å². The van der Waals surface area contributed by atoms with E-state index in [2.05, 4.69) is 27.9 Å². The molecule has 2 amide bonds. The molecule has 0 spiro atoms. The highest BCUT2D eigenvalue weighted by atomic mass is 32.1. The maximum absolute atomic E-state index is 13.5. The van der Waals surface area contributed by atoms with Gasteiger partial charge in [0.2, 0.25) is 0 Å². The lowest BCUT2D eigenvalue weighted by Gasteiger charge is -2.18. The van der Waals surface area contributed by atoms with E-state index in [-0.39, 0.29) is 12.4 Å². The van der Waals surface area contributed by atoms with E-state index in [1.54, 1.807) is 29.9 Å². The third-order valence-electron chi connectivity index (χ3n) is 6.68. The summed E-state index contributed by atoms with van der Waals surface area (Å²) < 4.78 is 20.4. The van der Waals surface area contributed by atoms with Crippen LogP contribution in [0, 0.1) is 11.7 Å². The fraction of sp³-hybridized carbons (Fsp3) is 0.233. The van der Waals surface area contributed by atoms with Crippen LogP contribution in [0.2, 0.25) is 0 Å². The predicted octanol–water partition coefficient (Wildman–Crippen LogP) is 5.13. The molecule has 0 radical (unpaired) electrons. The van der Waals surface area contributed by atoms with Gasteiger partial charge in [0.15, 0.2) is 0 Å². The minimum Gasteiger partial charge on any atom is -0.462 e. The highest BCUT2D eigenvalue weighted by Gasteiger charge is 2.30. The largest absolute Gasteiger partial charge is 0.462 e. The smallest absolute Gasteiger partial charge is 0.341 e. The molecular formula is C30H28FN5O4S. The molecule has 1 atom stereocenters. The summed E-state index contributed by atoms with van der Waals surface area (Å²) in [6.45, 7) is 4.05. The number of ether oxygens (including phenoxy) is 1. The van der Waals surface area contributed by atoms with Crippen LogP contribution in [0.5, 0.6) is 0 Å². The summed E-state index contributed by atoms with van der Waals surface area (Å²) in [7, 11) is 0.